The molecule has 6 nitrogen and oxygen atoms in total. The fourth-order valence-corrected chi connectivity index (χ4v) is 3.71. The van der Waals surface area contributed by atoms with Crippen LogP contribution < -0.4 is 21.1 Å². The molecule has 1 aliphatic heterocycles. The minimum absolute atomic E-state index is 0.281. The van der Waals surface area contributed by atoms with Gasteiger partial charge in [0.05, 0.1) is 7.11 Å². The number of hydrogen-bond acceptors (Lipinski definition) is 6. The number of guanidine groups is 2. The summed E-state index contributed by atoms with van der Waals surface area (Å²) in [5.74, 6) is 1.58. The molecule has 23 heavy (non-hydrogen) atoms. The van der Waals surface area contributed by atoms with E-state index in [9.17, 15) is 0 Å². The topological polar surface area (TPSA) is 89.2 Å². The van der Waals surface area contributed by atoms with E-state index in [1.807, 2.05) is 13.0 Å². The molecule has 0 bridgehead atoms. The Morgan fingerprint density at radius 3 is 2.43 bits per heavy atom. The monoisotopic (exact) mass is 315 g/mol. The van der Waals surface area contributed by atoms with Crippen molar-refractivity contribution in [3.63, 3.8) is 0 Å². The predicted octanol–water partition coefficient (Wildman–Crippen LogP) is 2.42. The first kappa shape index (κ1) is 15.6. The molecular weight excluding hydrogens is 290 g/mol. The molecule has 4 N–H and O–H groups in total. The number of rotatable bonds is 2. The Bertz CT molecular complexity index is 674. The van der Waals surface area contributed by atoms with Gasteiger partial charge in [0.15, 0.2) is 0 Å². The van der Waals surface area contributed by atoms with Gasteiger partial charge in [0, 0.05) is 5.69 Å². The standard InChI is InChI=1S/C17H25N5O/c1-11-10-14(23-3)12(2)9-13(11)22-16(19)20-15(18)21-17(22)7-5-4-6-8-17/h9-10H,4-8H2,1-3H3,(H4,18,19,20,21). The summed E-state index contributed by atoms with van der Waals surface area (Å²) < 4.78 is 5.42. The van der Waals surface area contributed by atoms with E-state index in [0.717, 1.165) is 48.2 Å². The lowest BCUT2D eigenvalue weighted by Crippen LogP contribution is -2.58. The molecule has 1 spiro atoms. The third-order valence-electron chi connectivity index (χ3n) is 4.81. The van der Waals surface area contributed by atoms with Gasteiger partial charge >= 0.3 is 0 Å². The first-order chi connectivity index (χ1) is 11.0. The van der Waals surface area contributed by atoms with Crippen LogP contribution in [0.2, 0.25) is 0 Å². The van der Waals surface area contributed by atoms with Gasteiger partial charge in [-0.3, -0.25) is 4.90 Å². The van der Waals surface area contributed by atoms with Gasteiger partial charge in [-0.2, -0.15) is 4.99 Å². The van der Waals surface area contributed by atoms with Gasteiger partial charge in [-0.1, -0.05) is 6.42 Å². The van der Waals surface area contributed by atoms with Gasteiger partial charge in [0.25, 0.3) is 0 Å². The number of benzene rings is 1. The fourth-order valence-electron chi connectivity index (χ4n) is 3.71. The molecule has 1 heterocycles. The summed E-state index contributed by atoms with van der Waals surface area (Å²) in [6.45, 7) is 4.09. The van der Waals surface area contributed by atoms with Crippen molar-refractivity contribution in [2.45, 2.75) is 51.6 Å². The molecule has 6 heteroatoms. The van der Waals surface area contributed by atoms with E-state index in [4.69, 9.17) is 21.2 Å². The molecule has 0 amide bonds. The van der Waals surface area contributed by atoms with E-state index in [1.54, 1.807) is 7.11 Å². The number of nitrogens with zero attached hydrogens (tertiary/aromatic N) is 3. The van der Waals surface area contributed by atoms with E-state index in [2.05, 4.69) is 22.9 Å². The molecule has 1 aliphatic carbocycles. The summed E-state index contributed by atoms with van der Waals surface area (Å²) in [5, 5.41) is 0. The number of aliphatic imine (C=N–C) groups is 2. The SMILES string of the molecule is COc1cc(C)c(N2C(N)=NC(N)=NC23CCCCC3)cc1C. The van der Waals surface area contributed by atoms with Crippen LogP contribution in [0.15, 0.2) is 22.1 Å². The highest BCUT2D eigenvalue weighted by atomic mass is 16.5. The molecule has 0 atom stereocenters. The molecule has 0 saturated heterocycles. The van der Waals surface area contributed by atoms with Crippen molar-refractivity contribution in [2.24, 2.45) is 21.5 Å². The van der Waals surface area contributed by atoms with Crippen LogP contribution in [0.25, 0.3) is 0 Å². The van der Waals surface area contributed by atoms with Crippen molar-refractivity contribution >= 4 is 17.6 Å². The Morgan fingerprint density at radius 2 is 1.78 bits per heavy atom. The fraction of sp³-hybridized carbons (Fsp3) is 0.529. The van der Waals surface area contributed by atoms with Crippen molar-refractivity contribution in [2.75, 3.05) is 12.0 Å². The number of ether oxygens (including phenoxy) is 1. The third-order valence-corrected chi connectivity index (χ3v) is 4.81. The highest BCUT2D eigenvalue weighted by molar-refractivity contribution is 6.06. The highest BCUT2D eigenvalue weighted by Crippen LogP contribution is 2.41. The first-order valence-corrected chi connectivity index (χ1v) is 8.12. The average molecular weight is 315 g/mol. The third kappa shape index (κ3) is 2.62. The minimum atomic E-state index is -0.403. The van der Waals surface area contributed by atoms with Crippen LogP contribution in [-0.4, -0.2) is 24.7 Å². The quantitative estimate of drug-likeness (QED) is 0.877. The molecular formula is C17H25N5O. The van der Waals surface area contributed by atoms with E-state index in [1.165, 1.54) is 6.42 Å². The van der Waals surface area contributed by atoms with Crippen molar-refractivity contribution < 1.29 is 4.74 Å². The lowest BCUT2D eigenvalue weighted by atomic mass is 9.87. The van der Waals surface area contributed by atoms with Gasteiger partial charge in [-0.15, -0.1) is 0 Å². The molecule has 1 saturated carbocycles. The molecule has 0 aromatic heterocycles. The lowest BCUT2D eigenvalue weighted by molar-refractivity contribution is 0.305. The van der Waals surface area contributed by atoms with Crippen LogP contribution in [0, 0.1) is 13.8 Å². The largest absolute Gasteiger partial charge is 0.496 e. The molecule has 124 valence electrons. The van der Waals surface area contributed by atoms with E-state index in [-0.39, 0.29) is 5.96 Å². The molecule has 3 rings (SSSR count). The smallest absolute Gasteiger partial charge is 0.220 e. The molecule has 0 unspecified atom stereocenters. The maximum absolute atomic E-state index is 6.28. The molecule has 1 aromatic rings. The number of aryl methyl sites for hydroxylation is 2. The number of anilines is 1. The van der Waals surface area contributed by atoms with Crippen LogP contribution in [0.4, 0.5) is 5.69 Å². The van der Waals surface area contributed by atoms with E-state index < -0.39 is 5.66 Å². The maximum Gasteiger partial charge on any atom is 0.220 e. The van der Waals surface area contributed by atoms with Gasteiger partial charge in [-0.25, -0.2) is 4.99 Å². The van der Waals surface area contributed by atoms with Gasteiger partial charge < -0.3 is 16.2 Å². The Hall–Kier alpha value is -2.24. The summed E-state index contributed by atoms with van der Waals surface area (Å²) >= 11 is 0. The average Bonchev–Trinajstić information content (AvgIpc) is 2.50. The summed E-state index contributed by atoms with van der Waals surface area (Å²) in [5.41, 5.74) is 15.0. The first-order valence-electron chi connectivity index (χ1n) is 8.12. The van der Waals surface area contributed by atoms with Crippen LogP contribution in [0.3, 0.4) is 0 Å². The number of nitrogens with two attached hydrogens (primary N) is 2. The van der Waals surface area contributed by atoms with Crippen LogP contribution in [0.1, 0.15) is 43.2 Å². The molecule has 0 radical (unpaired) electrons. The minimum Gasteiger partial charge on any atom is -0.496 e. The second kappa shape index (κ2) is 5.76. The second-order valence-corrected chi connectivity index (χ2v) is 6.43. The predicted molar refractivity (Wildman–Crippen MR) is 94.0 cm³/mol. The van der Waals surface area contributed by atoms with Crippen LogP contribution in [0.5, 0.6) is 5.75 Å². The Labute approximate surface area is 137 Å². The van der Waals surface area contributed by atoms with Crippen molar-refractivity contribution in [3.8, 4) is 5.75 Å². The van der Waals surface area contributed by atoms with Gasteiger partial charge in [0.2, 0.25) is 11.9 Å². The summed E-state index contributed by atoms with van der Waals surface area (Å²) in [6, 6.07) is 4.14. The molecule has 2 aliphatic rings. The zero-order chi connectivity index (χ0) is 16.6. The molecule has 1 fully saturated rings. The maximum atomic E-state index is 6.28. The zero-order valence-corrected chi connectivity index (χ0v) is 14.1. The lowest BCUT2D eigenvalue weighted by Gasteiger charge is -2.46. The van der Waals surface area contributed by atoms with Crippen molar-refractivity contribution in [3.05, 3.63) is 23.3 Å². The Balaban J connectivity index is 2.12. The number of methoxy groups -OCH3 is 1. The van der Waals surface area contributed by atoms with Crippen LogP contribution >= 0.6 is 0 Å². The van der Waals surface area contributed by atoms with Gasteiger partial charge in [-0.05, 0) is 62.8 Å². The van der Waals surface area contributed by atoms with Gasteiger partial charge in [0.1, 0.15) is 11.4 Å². The number of hydrogen-bond donors (Lipinski definition) is 2. The Morgan fingerprint density at radius 1 is 1.09 bits per heavy atom. The molecule has 1 aromatic carbocycles. The van der Waals surface area contributed by atoms with E-state index in [0.29, 0.717) is 5.96 Å². The van der Waals surface area contributed by atoms with Crippen molar-refractivity contribution in [1.82, 2.24) is 0 Å². The second-order valence-electron chi connectivity index (χ2n) is 6.43. The Kier molecular flexibility index (Phi) is 3.92. The normalized spacial score (nSPS) is 20.2. The summed E-state index contributed by atoms with van der Waals surface area (Å²) in [6.07, 6.45) is 5.34. The highest BCUT2D eigenvalue weighted by Gasteiger charge is 2.43. The van der Waals surface area contributed by atoms with E-state index >= 15 is 0 Å². The van der Waals surface area contributed by atoms with Crippen LogP contribution in [-0.2, 0) is 0 Å². The van der Waals surface area contributed by atoms with Crippen molar-refractivity contribution in [1.29, 1.82) is 0 Å². The summed E-state index contributed by atoms with van der Waals surface area (Å²) in [7, 11) is 1.69. The zero-order valence-electron chi connectivity index (χ0n) is 14.1. The summed E-state index contributed by atoms with van der Waals surface area (Å²) in [4.78, 5) is 11.0.